The number of nitrogens with zero attached hydrogens (tertiary/aromatic N) is 2. The third-order valence-corrected chi connectivity index (χ3v) is 9.85. The molecule has 0 saturated heterocycles. The van der Waals surface area contributed by atoms with Crippen LogP contribution in [0.25, 0.3) is 0 Å². The molecule has 0 N–H and O–H groups in total. The van der Waals surface area contributed by atoms with Crippen molar-refractivity contribution in [2.75, 3.05) is 9.80 Å². The van der Waals surface area contributed by atoms with Gasteiger partial charge in [0.2, 0.25) is 0 Å². The maximum atomic E-state index is 14.3. The summed E-state index contributed by atoms with van der Waals surface area (Å²) >= 11 is 0. The van der Waals surface area contributed by atoms with Gasteiger partial charge in [0.05, 0.1) is 11.1 Å². The smallest absolute Gasteiger partial charge is 0.311 e. The molecule has 0 amide bonds. The van der Waals surface area contributed by atoms with E-state index in [0.717, 1.165) is 72.7 Å². The first-order chi connectivity index (χ1) is 22.6. The molecule has 9 heteroatoms. The van der Waals surface area contributed by atoms with Crippen LogP contribution in [-0.4, -0.2) is 6.71 Å². The zero-order valence-corrected chi connectivity index (χ0v) is 25.2. The third kappa shape index (κ3) is 4.98. The van der Waals surface area contributed by atoms with Gasteiger partial charge in [-0.25, -0.2) is 0 Å². The predicted molar refractivity (Wildman–Crippen MR) is 176 cm³/mol. The van der Waals surface area contributed by atoms with Crippen molar-refractivity contribution in [3.8, 4) is 0 Å². The van der Waals surface area contributed by atoms with Gasteiger partial charge in [0.25, 0.3) is 6.71 Å². The van der Waals surface area contributed by atoms with E-state index < -0.39 is 30.2 Å². The van der Waals surface area contributed by atoms with Gasteiger partial charge in [0.15, 0.2) is 0 Å². The average molecular weight is 638 g/mol. The normalized spacial score (nSPS) is 16.1. The molecule has 8 rings (SSSR count). The Morgan fingerprint density at radius 2 is 1.04 bits per heavy atom. The first-order valence-electron chi connectivity index (χ1n) is 15.9. The molecule has 2 heterocycles. The van der Waals surface area contributed by atoms with E-state index in [1.54, 1.807) is 0 Å². The molecule has 0 aromatic heterocycles. The summed E-state index contributed by atoms with van der Waals surface area (Å²) in [4.78, 5) is 3.89. The van der Waals surface area contributed by atoms with Gasteiger partial charge >= 0.3 is 12.4 Å². The molecule has 0 radical (unpaired) electrons. The highest BCUT2D eigenvalue weighted by Crippen LogP contribution is 2.48. The molecule has 0 unspecified atom stereocenters. The summed E-state index contributed by atoms with van der Waals surface area (Å²) in [6, 6.07) is 30.5. The molecule has 236 valence electrons. The molecule has 47 heavy (non-hydrogen) atoms. The quantitative estimate of drug-likeness (QED) is 0.141. The van der Waals surface area contributed by atoms with E-state index in [-0.39, 0.29) is 5.92 Å². The zero-order chi connectivity index (χ0) is 32.5. The maximum Gasteiger partial charge on any atom is 0.416 e. The van der Waals surface area contributed by atoms with E-state index in [0.29, 0.717) is 33.7 Å². The topological polar surface area (TPSA) is 6.48 Å². The number of halogens is 6. The van der Waals surface area contributed by atoms with Crippen LogP contribution in [0.15, 0.2) is 109 Å². The van der Waals surface area contributed by atoms with Gasteiger partial charge in [-0.1, -0.05) is 73.9 Å². The Bertz CT molecular complexity index is 1970. The van der Waals surface area contributed by atoms with Gasteiger partial charge in [-0.15, -0.1) is 0 Å². The lowest BCUT2D eigenvalue weighted by Crippen LogP contribution is -2.61. The Kier molecular flexibility index (Phi) is 6.93. The molecule has 2 aliphatic heterocycles. The molecule has 3 aliphatic rings. The van der Waals surface area contributed by atoms with Crippen LogP contribution in [0.4, 0.5) is 60.5 Å². The lowest BCUT2D eigenvalue weighted by Gasteiger charge is -2.45. The summed E-state index contributed by atoms with van der Waals surface area (Å²) < 4.78 is 85.6. The first-order valence-corrected chi connectivity index (χ1v) is 15.9. The molecule has 1 saturated carbocycles. The number of hydrogen-bond donors (Lipinski definition) is 0. The highest BCUT2D eigenvalue weighted by atomic mass is 19.4. The van der Waals surface area contributed by atoms with Crippen LogP contribution in [0.2, 0.25) is 0 Å². The van der Waals surface area contributed by atoms with E-state index in [2.05, 4.69) is 12.1 Å². The number of fused-ring (bicyclic) bond motifs is 4. The van der Waals surface area contributed by atoms with Gasteiger partial charge in [0, 0.05) is 34.1 Å². The fourth-order valence-corrected chi connectivity index (χ4v) is 7.75. The van der Waals surface area contributed by atoms with E-state index in [4.69, 9.17) is 0 Å². The van der Waals surface area contributed by atoms with Crippen LogP contribution in [0, 0.1) is 0 Å². The molecule has 5 aromatic carbocycles. The summed E-state index contributed by atoms with van der Waals surface area (Å²) in [5, 5.41) is 0. The monoisotopic (exact) mass is 638 g/mol. The van der Waals surface area contributed by atoms with Crippen molar-refractivity contribution in [1.29, 1.82) is 0 Å². The van der Waals surface area contributed by atoms with Crippen molar-refractivity contribution in [2.24, 2.45) is 0 Å². The Hall–Kier alpha value is -4.66. The molecule has 2 nitrogen and oxygen atoms in total. The highest BCUT2D eigenvalue weighted by Gasteiger charge is 2.46. The molecule has 0 atom stereocenters. The minimum Gasteiger partial charge on any atom is -0.311 e. The van der Waals surface area contributed by atoms with Gasteiger partial charge in [-0.2, -0.15) is 26.3 Å². The van der Waals surface area contributed by atoms with E-state index in [1.807, 2.05) is 70.5 Å². The van der Waals surface area contributed by atoms with Gasteiger partial charge in [-0.05, 0) is 95.3 Å². The summed E-state index contributed by atoms with van der Waals surface area (Å²) in [5.74, 6) is 0.260. The molecule has 5 aromatic rings. The Labute approximate surface area is 269 Å². The number of anilines is 6. The standard InChI is InChI=1S/C38H29BF6N2/c40-37(41,42)26-17-19-32-31(22-26)39-30-18-16-27(38(43,44)45)23-33(30)47(29-14-8-3-9-15-29)35-21-25(24-10-4-1-5-11-24)20-34(36(35)39)46(32)28-12-6-2-7-13-28/h2-3,6-9,12-24H,1,4-5,10-11H2. The minimum atomic E-state index is -4.61. The number of para-hydroxylation sites is 2. The van der Waals surface area contributed by atoms with Crippen LogP contribution in [-0.2, 0) is 12.4 Å². The Morgan fingerprint density at radius 1 is 0.511 bits per heavy atom. The second kappa shape index (κ2) is 11.0. The van der Waals surface area contributed by atoms with Crippen LogP contribution in [0.1, 0.15) is 54.7 Å². The average Bonchev–Trinajstić information content (AvgIpc) is 3.07. The van der Waals surface area contributed by atoms with Gasteiger partial charge < -0.3 is 9.80 Å². The molecule has 0 spiro atoms. The van der Waals surface area contributed by atoms with Crippen LogP contribution in [0.3, 0.4) is 0 Å². The summed E-state index contributed by atoms with van der Waals surface area (Å²) in [6.45, 7) is -0.727. The Morgan fingerprint density at radius 3 is 1.62 bits per heavy atom. The lowest BCUT2D eigenvalue weighted by atomic mass is 9.33. The predicted octanol–water partition coefficient (Wildman–Crippen LogP) is 9.85. The van der Waals surface area contributed by atoms with Crippen molar-refractivity contribution in [3.63, 3.8) is 0 Å². The largest absolute Gasteiger partial charge is 0.416 e. The fraction of sp³-hybridized carbons (Fsp3) is 0.211. The van der Waals surface area contributed by atoms with Crippen molar-refractivity contribution in [1.82, 2.24) is 0 Å². The number of hydrogen-bond acceptors (Lipinski definition) is 2. The summed E-state index contributed by atoms with van der Waals surface area (Å²) in [5.41, 5.74) is 5.05. The third-order valence-electron chi connectivity index (χ3n) is 9.85. The second-order valence-corrected chi connectivity index (χ2v) is 12.6. The summed E-state index contributed by atoms with van der Waals surface area (Å²) in [7, 11) is 0. The number of rotatable bonds is 3. The molecule has 1 aliphatic carbocycles. The fourth-order valence-electron chi connectivity index (χ4n) is 7.75. The molecule has 0 bridgehead atoms. The van der Waals surface area contributed by atoms with E-state index in [9.17, 15) is 26.3 Å². The SMILES string of the molecule is FC(F)(F)c1ccc2c(c1)B1c3ccc(C(F)(F)F)cc3N(c3ccccc3)c3cc(C4CCCCC4)cc(c31)N2c1ccccc1. The van der Waals surface area contributed by atoms with Gasteiger partial charge in [-0.3, -0.25) is 0 Å². The van der Waals surface area contributed by atoms with Crippen molar-refractivity contribution < 1.29 is 26.3 Å². The van der Waals surface area contributed by atoms with Gasteiger partial charge in [0.1, 0.15) is 0 Å². The maximum absolute atomic E-state index is 14.3. The van der Waals surface area contributed by atoms with E-state index >= 15 is 0 Å². The van der Waals surface area contributed by atoms with Crippen molar-refractivity contribution in [2.45, 2.75) is 50.4 Å². The molecule has 1 fully saturated rings. The van der Waals surface area contributed by atoms with Crippen molar-refractivity contribution in [3.05, 3.63) is 126 Å². The Balaban J connectivity index is 1.49. The summed E-state index contributed by atoms with van der Waals surface area (Å²) in [6.07, 6.45) is -3.88. The van der Waals surface area contributed by atoms with Crippen molar-refractivity contribution >= 4 is 57.2 Å². The first kappa shape index (κ1) is 29.7. The zero-order valence-electron chi connectivity index (χ0n) is 25.2. The minimum absolute atomic E-state index is 0.260. The lowest BCUT2D eigenvalue weighted by molar-refractivity contribution is -0.138. The van der Waals surface area contributed by atoms with Crippen LogP contribution >= 0.6 is 0 Å². The molecular weight excluding hydrogens is 609 g/mol. The highest BCUT2D eigenvalue weighted by molar-refractivity contribution is 7.00. The van der Waals surface area contributed by atoms with Crippen LogP contribution in [0.5, 0.6) is 0 Å². The molecular formula is C38H29BF6N2. The van der Waals surface area contributed by atoms with E-state index in [1.165, 1.54) is 18.2 Å². The number of alkyl halides is 6. The van der Waals surface area contributed by atoms with Crippen LogP contribution < -0.4 is 26.2 Å². The number of benzene rings is 5. The second-order valence-electron chi connectivity index (χ2n) is 12.6.